The number of anilines is 1. The van der Waals surface area contributed by atoms with Gasteiger partial charge in [-0.15, -0.1) is 23.2 Å². The van der Waals surface area contributed by atoms with Crippen LogP contribution < -0.4 is 16.0 Å². The number of nitrogens with one attached hydrogen (secondary N) is 3. The number of hydrogen-bond acceptors (Lipinski definition) is 3. The Kier molecular flexibility index (Phi) is 8.94. The lowest BCUT2D eigenvalue weighted by Crippen LogP contribution is -2.38. The number of hydrogen-bond donors (Lipinski definition) is 3. The van der Waals surface area contributed by atoms with Crippen LogP contribution in [0.1, 0.15) is 28.3 Å². The zero-order valence-corrected chi connectivity index (χ0v) is 21.8. The Balaban J connectivity index is 1.62. The van der Waals surface area contributed by atoms with E-state index in [4.69, 9.17) is 58.0 Å². The maximum atomic E-state index is 12.9. The highest BCUT2D eigenvalue weighted by Gasteiger charge is 2.67. The Morgan fingerprint density at radius 2 is 1.58 bits per heavy atom. The second kappa shape index (κ2) is 11.2. The fraction of sp³-hybridized carbons (Fsp3) is 0.318. The van der Waals surface area contributed by atoms with Crippen LogP contribution in [0.4, 0.5) is 18.9 Å². The Hall–Kier alpha value is -1.91. The number of halogens is 8. The van der Waals surface area contributed by atoms with Crippen molar-refractivity contribution in [3.63, 3.8) is 0 Å². The number of carbonyl (C=O) groups is 3. The van der Waals surface area contributed by atoms with Crippen LogP contribution in [0.5, 0.6) is 0 Å². The summed E-state index contributed by atoms with van der Waals surface area (Å²) in [5.41, 5.74) is 0.708. The molecule has 0 spiro atoms. The Labute approximate surface area is 228 Å². The van der Waals surface area contributed by atoms with Gasteiger partial charge in [0.2, 0.25) is 11.8 Å². The smallest absolute Gasteiger partial charge is 0.354 e. The van der Waals surface area contributed by atoms with Crippen LogP contribution >= 0.6 is 58.0 Å². The molecular weight excluding hydrogens is 589 g/mol. The van der Waals surface area contributed by atoms with Gasteiger partial charge in [0.25, 0.3) is 5.91 Å². The van der Waals surface area contributed by atoms with Crippen molar-refractivity contribution < 1.29 is 27.6 Å². The zero-order chi connectivity index (χ0) is 26.8. The van der Waals surface area contributed by atoms with Gasteiger partial charge < -0.3 is 16.0 Å². The third kappa shape index (κ3) is 7.32. The standard InChI is InChI=1S/C22H17Cl5F3N3O3/c23-11-5-10(6-12(24)7-11)17-18(22(17,26)27)20(36)33-13-1-2-15(25)14(8-13)19(35)32-9-16(34)31-4-3-21(28,29)30/h1-2,5-8,17-18H,3-4,9H2,(H,31,34)(H,32,35)(H,33,36)/t17-,18+/m0/s1. The van der Waals surface area contributed by atoms with Gasteiger partial charge >= 0.3 is 6.18 Å². The van der Waals surface area contributed by atoms with Crippen LogP contribution in [0.2, 0.25) is 15.1 Å². The summed E-state index contributed by atoms with van der Waals surface area (Å²) in [5, 5.41) is 7.65. The molecule has 0 heterocycles. The van der Waals surface area contributed by atoms with Gasteiger partial charge in [0.1, 0.15) is 4.33 Å². The molecular formula is C22H17Cl5F3N3O3. The molecule has 2 aromatic rings. The van der Waals surface area contributed by atoms with E-state index in [1.165, 1.54) is 24.3 Å². The monoisotopic (exact) mass is 603 g/mol. The molecule has 0 aromatic heterocycles. The van der Waals surface area contributed by atoms with E-state index in [-0.39, 0.29) is 16.3 Å². The maximum absolute atomic E-state index is 12.9. The summed E-state index contributed by atoms with van der Waals surface area (Å²) >= 11 is 30.8. The number of amides is 3. The van der Waals surface area contributed by atoms with Crippen molar-refractivity contribution in [2.75, 3.05) is 18.4 Å². The van der Waals surface area contributed by atoms with E-state index in [2.05, 4.69) is 10.6 Å². The van der Waals surface area contributed by atoms with Gasteiger partial charge in [-0.1, -0.05) is 34.8 Å². The Morgan fingerprint density at radius 3 is 2.19 bits per heavy atom. The van der Waals surface area contributed by atoms with E-state index in [1.807, 2.05) is 5.32 Å². The normalized spacial score (nSPS) is 18.3. The van der Waals surface area contributed by atoms with E-state index in [9.17, 15) is 27.6 Å². The highest BCUT2D eigenvalue weighted by molar-refractivity contribution is 6.53. The molecule has 1 fully saturated rings. The lowest BCUT2D eigenvalue weighted by atomic mass is 10.1. The highest BCUT2D eigenvalue weighted by Crippen LogP contribution is 2.65. The first-order valence-electron chi connectivity index (χ1n) is 10.2. The second-order valence-corrected chi connectivity index (χ2v) is 10.6. The second-order valence-electron chi connectivity index (χ2n) is 7.91. The topological polar surface area (TPSA) is 87.3 Å². The van der Waals surface area contributed by atoms with E-state index >= 15 is 0 Å². The molecule has 14 heteroatoms. The Bertz CT molecular complexity index is 1170. The number of rotatable bonds is 8. The molecule has 36 heavy (non-hydrogen) atoms. The fourth-order valence-electron chi connectivity index (χ4n) is 3.48. The van der Waals surface area contributed by atoms with Crippen LogP contribution in [0.3, 0.4) is 0 Å². The molecule has 0 aliphatic heterocycles. The van der Waals surface area contributed by atoms with Crippen LogP contribution in [-0.2, 0) is 9.59 Å². The first kappa shape index (κ1) is 28.7. The first-order valence-corrected chi connectivity index (χ1v) is 12.1. The van der Waals surface area contributed by atoms with Gasteiger partial charge in [-0.2, -0.15) is 13.2 Å². The number of carbonyl (C=O) groups excluding carboxylic acids is 3. The van der Waals surface area contributed by atoms with E-state index < -0.39 is 59.6 Å². The minimum Gasteiger partial charge on any atom is -0.354 e. The number of benzene rings is 2. The summed E-state index contributed by atoms with van der Waals surface area (Å²) in [6.45, 7) is -1.19. The molecule has 1 aliphatic rings. The summed E-state index contributed by atoms with van der Waals surface area (Å²) < 4.78 is 35.1. The van der Waals surface area contributed by atoms with Crippen molar-refractivity contribution in [2.24, 2.45) is 5.92 Å². The van der Waals surface area contributed by atoms with Crippen molar-refractivity contribution in [3.8, 4) is 0 Å². The average molecular weight is 606 g/mol. The molecule has 3 rings (SSSR count). The third-order valence-corrected chi connectivity index (χ3v) is 6.91. The average Bonchev–Trinajstić information content (AvgIpc) is 3.34. The molecule has 0 radical (unpaired) electrons. The van der Waals surface area contributed by atoms with Crippen molar-refractivity contribution in [2.45, 2.75) is 22.8 Å². The third-order valence-electron chi connectivity index (χ3n) is 5.20. The molecule has 194 valence electrons. The van der Waals surface area contributed by atoms with Crippen LogP contribution in [0.15, 0.2) is 36.4 Å². The van der Waals surface area contributed by atoms with E-state index in [0.717, 1.165) is 0 Å². The predicted octanol–water partition coefficient (Wildman–Crippen LogP) is 5.97. The molecule has 0 saturated heterocycles. The Morgan fingerprint density at radius 1 is 0.944 bits per heavy atom. The minimum atomic E-state index is -4.41. The van der Waals surface area contributed by atoms with E-state index in [0.29, 0.717) is 15.6 Å². The fourth-order valence-corrected chi connectivity index (χ4v) is 5.06. The summed E-state index contributed by atoms with van der Waals surface area (Å²) in [5.74, 6) is -3.54. The maximum Gasteiger partial charge on any atom is 0.390 e. The number of alkyl halides is 5. The molecule has 0 unspecified atom stereocenters. The molecule has 2 atom stereocenters. The van der Waals surface area contributed by atoms with Crippen molar-refractivity contribution in [1.82, 2.24) is 10.6 Å². The van der Waals surface area contributed by atoms with Crippen molar-refractivity contribution >= 4 is 81.4 Å². The summed E-state index contributed by atoms with van der Waals surface area (Å²) in [7, 11) is 0. The molecule has 2 aromatic carbocycles. The highest BCUT2D eigenvalue weighted by atomic mass is 35.5. The molecule has 0 bridgehead atoms. The summed E-state index contributed by atoms with van der Waals surface area (Å²) in [6.07, 6.45) is -5.61. The SMILES string of the molecule is O=C(CNC(=O)c1cc(NC(=O)[C@H]2[C@H](c3cc(Cl)cc(Cl)c3)C2(Cl)Cl)ccc1Cl)NCCC(F)(F)F. The van der Waals surface area contributed by atoms with Gasteiger partial charge in [0.05, 0.1) is 29.5 Å². The predicted molar refractivity (Wildman–Crippen MR) is 133 cm³/mol. The van der Waals surface area contributed by atoms with Crippen molar-refractivity contribution in [1.29, 1.82) is 0 Å². The largest absolute Gasteiger partial charge is 0.390 e. The molecule has 3 N–H and O–H groups in total. The van der Waals surface area contributed by atoms with Gasteiger partial charge in [0.15, 0.2) is 0 Å². The van der Waals surface area contributed by atoms with Crippen molar-refractivity contribution in [3.05, 3.63) is 62.6 Å². The van der Waals surface area contributed by atoms with Gasteiger partial charge in [-0.05, 0) is 42.0 Å². The molecule has 1 aliphatic carbocycles. The minimum absolute atomic E-state index is 0.0184. The molecule has 6 nitrogen and oxygen atoms in total. The van der Waals surface area contributed by atoms with Gasteiger partial charge in [0, 0.05) is 28.2 Å². The van der Waals surface area contributed by atoms with E-state index in [1.54, 1.807) is 12.1 Å². The lowest BCUT2D eigenvalue weighted by molar-refractivity contribution is -0.135. The zero-order valence-electron chi connectivity index (χ0n) is 18.0. The summed E-state index contributed by atoms with van der Waals surface area (Å²) in [4.78, 5) is 37.0. The summed E-state index contributed by atoms with van der Waals surface area (Å²) in [6, 6.07) is 8.81. The quantitative estimate of drug-likeness (QED) is 0.324. The van der Waals surface area contributed by atoms with Crippen LogP contribution in [0, 0.1) is 5.92 Å². The molecule has 3 amide bonds. The van der Waals surface area contributed by atoms with Crippen LogP contribution in [0.25, 0.3) is 0 Å². The first-order chi connectivity index (χ1) is 16.7. The van der Waals surface area contributed by atoms with Gasteiger partial charge in [-0.25, -0.2) is 0 Å². The van der Waals surface area contributed by atoms with Crippen LogP contribution in [-0.4, -0.2) is 41.3 Å². The lowest BCUT2D eigenvalue weighted by Gasteiger charge is -2.11. The van der Waals surface area contributed by atoms with Gasteiger partial charge in [-0.3, -0.25) is 14.4 Å². The molecule has 1 saturated carbocycles.